The van der Waals surface area contributed by atoms with Gasteiger partial charge in [-0.05, 0) is 31.3 Å². The number of nitrogens with one attached hydrogen (secondary N) is 1. The minimum atomic E-state index is 0.627. The van der Waals surface area contributed by atoms with Crippen LogP contribution in [0.4, 0.5) is 0 Å². The van der Waals surface area contributed by atoms with E-state index in [1.807, 2.05) is 11.8 Å². The topological polar surface area (TPSA) is 12.0 Å². The highest BCUT2D eigenvalue weighted by atomic mass is 32.2. The highest BCUT2D eigenvalue weighted by molar-refractivity contribution is 7.99. The lowest BCUT2D eigenvalue weighted by atomic mass is 10.2. The van der Waals surface area contributed by atoms with Gasteiger partial charge in [0.15, 0.2) is 0 Å². The molecule has 0 aromatic rings. The maximum absolute atomic E-state index is 3.97. The van der Waals surface area contributed by atoms with E-state index in [1.165, 1.54) is 23.5 Å². The molecule has 13 heavy (non-hydrogen) atoms. The maximum atomic E-state index is 3.97. The number of hydrogen-bond donors (Lipinski definition) is 1. The average Bonchev–Trinajstić information content (AvgIpc) is 2.14. The first-order valence-corrected chi connectivity index (χ1v) is 6.33. The third-order valence-electron chi connectivity index (χ3n) is 2.10. The van der Waals surface area contributed by atoms with E-state index in [1.54, 1.807) is 0 Å². The van der Waals surface area contributed by atoms with Crippen LogP contribution in [0.2, 0.25) is 0 Å². The molecule has 0 saturated carbocycles. The van der Waals surface area contributed by atoms with E-state index in [4.69, 9.17) is 0 Å². The summed E-state index contributed by atoms with van der Waals surface area (Å²) in [5.74, 6) is 2.50. The summed E-state index contributed by atoms with van der Waals surface area (Å²) in [7, 11) is 0. The van der Waals surface area contributed by atoms with Crippen molar-refractivity contribution in [2.24, 2.45) is 0 Å². The predicted octanol–water partition coefficient (Wildman–Crippen LogP) is 3.07. The van der Waals surface area contributed by atoms with Crippen LogP contribution in [-0.4, -0.2) is 24.1 Å². The molecule has 1 nitrogen and oxygen atoms in total. The van der Waals surface area contributed by atoms with Crippen LogP contribution in [0.25, 0.3) is 0 Å². The second kappa shape index (κ2) is 8.64. The van der Waals surface area contributed by atoms with Crippen molar-refractivity contribution in [2.75, 3.05) is 18.1 Å². The largest absolute Gasteiger partial charge is 0.311 e. The van der Waals surface area contributed by atoms with Crippen molar-refractivity contribution in [3.05, 3.63) is 12.2 Å². The van der Waals surface area contributed by atoms with Crippen LogP contribution in [0.5, 0.6) is 0 Å². The summed E-state index contributed by atoms with van der Waals surface area (Å²) in [6.07, 6.45) is 2.35. The molecule has 0 aliphatic rings. The molecule has 0 heterocycles. The van der Waals surface area contributed by atoms with Gasteiger partial charge in [0.25, 0.3) is 0 Å². The van der Waals surface area contributed by atoms with E-state index in [2.05, 4.69) is 32.7 Å². The van der Waals surface area contributed by atoms with Gasteiger partial charge in [0.05, 0.1) is 0 Å². The first-order valence-electron chi connectivity index (χ1n) is 5.18. The fourth-order valence-electron chi connectivity index (χ4n) is 0.950. The molecule has 1 N–H and O–H groups in total. The second-order valence-electron chi connectivity index (χ2n) is 3.37. The molecule has 1 atom stereocenters. The molecular formula is C11H23NS. The average molecular weight is 201 g/mol. The Hall–Kier alpha value is 0.0500. The van der Waals surface area contributed by atoms with Gasteiger partial charge in [0.2, 0.25) is 0 Å². The highest BCUT2D eigenvalue weighted by Gasteiger charge is 2.00. The lowest BCUT2D eigenvalue weighted by Gasteiger charge is -2.13. The maximum Gasteiger partial charge on any atom is 0.0164 e. The Morgan fingerprint density at radius 2 is 2.15 bits per heavy atom. The minimum Gasteiger partial charge on any atom is -0.311 e. The fraction of sp³-hybridized carbons (Fsp3) is 0.818. The Labute approximate surface area is 87.4 Å². The van der Waals surface area contributed by atoms with Crippen molar-refractivity contribution >= 4 is 11.8 Å². The summed E-state index contributed by atoms with van der Waals surface area (Å²) < 4.78 is 0. The van der Waals surface area contributed by atoms with Crippen LogP contribution in [0.15, 0.2) is 12.2 Å². The first-order chi connectivity index (χ1) is 6.20. The van der Waals surface area contributed by atoms with Gasteiger partial charge in [-0.2, -0.15) is 11.8 Å². The van der Waals surface area contributed by atoms with E-state index >= 15 is 0 Å². The zero-order valence-electron chi connectivity index (χ0n) is 9.23. The van der Waals surface area contributed by atoms with Crippen LogP contribution >= 0.6 is 11.8 Å². The van der Waals surface area contributed by atoms with Gasteiger partial charge >= 0.3 is 0 Å². The molecule has 0 radical (unpaired) electrons. The highest BCUT2D eigenvalue weighted by Crippen LogP contribution is 2.04. The van der Waals surface area contributed by atoms with Gasteiger partial charge in [-0.15, -0.1) is 0 Å². The molecule has 0 bridgehead atoms. The quantitative estimate of drug-likeness (QED) is 0.478. The Bertz CT molecular complexity index is 134. The molecule has 0 fully saturated rings. The normalized spacial score (nSPS) is 12.8. The monoisotopic (exact) mass is 201 g/mol. The van der Waals surface area contributed by atoms with Crippen LogP contribution in [-0.2, 0) is 0 Å². The zero-order valence-corrected chi connectivity index (χ0v) is 10.0. The number of hydrogen-bond acceptors (Lipinski definition) is 2. The summed E-state index contributed by atoms with van der Waals surface area (Å²) >= 11 is 2.01. The molecule has 2 heteroatoms. The molecule has 1 unspecified atom stereocenters. The lowest BCUT2D eigenvalue weighted by Crippen LogP contribution is -2.28. The van der Waals surface area contributed by atoms with E-state index < -0.39 is 0 Å². The molecule has 0 spiro atoms. The fourth-order valence-corrected chi connectivity index (χ4v) is 1.76. The van der Waals surface area contributed by atoms with Crippen LogP contribution in [0.3, 0.4) is 0 Å². The Balaban J connectivity index is 3.29. The molecule has 0 aromatic heterocycles. The molecule has 0 amide bonds. The molecule has 0 aromatic carbocycles. The number of thioether (sulfide) groups is 1. The molecule has 0 aliphatic carbocycles. The molecule has 78 valence electrons. The van der Waals surface area contributed by atoms with Gasteiger partial charge < -0.3 is 5.32 Å². The Morgan fingerprint density at radius 3 is 2.69 bits per heavy atom. The summed E-state index contributed by atoms with van der Waals surface area (Å²) in [4.78, 5) is 0. The van der Waals surface area contributed by atoms with Gasteiger partial charge in [0.1, 0.15) is 0 Å². The van der Waals surface area contributed by atoms with Gasteiger partial charge in [-0.25, -0.2) is 0 Å². The van der Waals surface area contributed by atoms with E-state index in [0.29, 0.717) is 6.04 Å². The van der Waals surface area contributed by atoms with Crippen molar-refractivity contribution in [3.63, 3.8) is 0 Å². The van der Waals surface area contributed by atoms with Crippen LogP contribution < -0.4 is 5.32 Å². The summed E-state index contributed by atoms with van der Waals surface area (Å²) in [5, 5.41) is 3.48. The Kier molecular flexibility index (Phi) is 8.67. The van der Waals surface area contributed by atoms with Gasteiger partial charge in [0, 0.05) is 12.6 Å². The van der Waals surface area contributed by atoms with E-state index in [9.17, 15) is 0 Å². The molecule has 0 saturated heterocycles. The molecular weight excluding hydrogens is 178 g/mol. The molecule has 0 aliphatic heterocycles. The smallest absolute Gasteiger partial charge is 0.0164 e. The van der Waals surface area contributed by atoms with Crippen LogP contribution in [0.1, 0.15) is 33.6 Å². The summed E-state index contributed by atoms with van der Waals surface area (Å²) in [5.41, 5.74) is 1.30. The predicted molar refractivity (Wildman–Crippen MR) is 64.5 cm³/mol. The van der Waals surface area contributed by atoms with Crippen molar-refractivity contribution < 1.29 is 0 Å². The third kappa shape index (κ3) is 8.38. The van der Waals surface area contributed by atoms with E-state index in [-0.39, 0.29) is 0 Å². The second-order valence-corrected chi connectivity index (χ2v) is 4.76. The molecule has 0 rings (SSSR count). The summed E-state index contributed by atoms with van der Waals surface area (Å²) in [6.45, 7) is 11.6. The van der Waals surface area contributed by atoms with Crippen molar-refractivity contribution in [2.45, 2.75) is 39.7 Å². The van der Waals surface area contributed by atoms with Gasteiger partial charge in [-0.3, -0.25) is 0 Å². The van der Waals surface area contributed by atoms with Crippen molar-refractivity contribution in [1.29, 1.82) is 0 Å². The standard InChI is InChI=1S/C11H23NS/c1-5-10(3)9-12-11(4)7-8-13-6-2/h11-12H,3,5-9H2,1-2,4H3. The lowest BCUT2D eigenvalue weighted by molar-refractivity contribution is 0.560. The first kappa shape index (κ1) is 13.1. The minimum absolute atomic E-state index is 0.627. The van der Waals surface area contributed by atoms with E-state index in [0.717, 1.165) is 13.0 Å². The Morgan fingerprint density at radius 1 is 1.46 bits per heavy atom. The van der Waals surface area contributed by atoms with Gasteiger partial charge in [-0.1, -0.05) is 26.0 Å². The SMILES string of the molecule is C=C(CC)CNC(C)CCSCC. The van der Waals surface area contributed by atoms with Crippen molar-refractivity contribution in [3.8, 4) is 0 Å². The van der Waals surface area contributed by atoms with Crippen molar-refractivity contribution in [1.82, 2.24) is 5.32 Å². The number of rotatable bonds is 8. The zero-order chi connectivity index (χ0) is 10.1. The van der Waals surface area contributed by atoms with Crippen LogP contribution in [0, 0.1) is 0 Å². The third-order valence-corrected chi connectivity index (χ3v) is 3.03. The summed E-state index contributed by atoms with van der Waals surface area (Å²) in [6, 6.07) is 0.627.